The number of likely N-dealkylation sites (N-methyl/N-ethyl adjacent to an activating group) is 1. The van der Waals surface area contributed by atoms with Crippen LogP contribution in [0, 0.1) is 0 Å². The zero-order chi connectivity index (χ0) is 12.5. The summed E-state index contributed by atoms with van der Waals surface area (Å²) in [7, 11) is 1.78. The molecule has 1 N–H and O–H groups in total. The molecule has 0 amide bonds. The van der Waals surface area contributed by atoms with Crippen LogP contribution in [0.5, 0.6) is 0 Å². The molecule has 1 atom stereocenters. The number of rotatable bonds is 3. The van der Waals surface area contributed by atoms with Gasteiger partial charge in [-0.3, -0.25) is 0 Å². The molecule has 2 heteroatoms. The van der Waals surface area contributed by atoms with Gasteiger partial charge in [0.1, 0.15) is 0 Å². The average molecular weight is 191 g/mol. The van der Waals surface area contributed by atoms with Crippen LogP contribution in [0.15, 0.2) is 30.2 Å². The van der Waals surface area contributed by atoms with Gasteiger partial charge in [-0.1, -0.05) is 30.2 Å². The Morgan fingerprint density at radius 1 is 1.42 bits per heavy atom. The minimum absolute atomic E-state index is 0. The van der Waals surface area contributed by atoms with Gasteiger partial charge in [0, 0.05) is 6.04 Å². The molecule has 0 saturated carbocycles. The van der Waals surface area contributed by atoms with Crippen LogP contribution < -0.4 is 5.32 Å². The Balaban J connectivity index is 0.00000256. The van der Waals surface area contributed by atoms with Crippen molar-refractivity contribution in [3.05, 3.63) is 35.8 Å². The zero-order valence-corrected chi connectivity index (χ0v) is 8.01. The summed E-state index contributed by atoms with van der Waals surface area (Å²) in [5.74, 6) is 0. The highest BCUT2D eigenvalue weighted by molar-refractivity contribution is 5.85. The number of halogens is 1. The molecule has 1 nitrogen and oxygen atoms in total. The van der Waals surface area contributed by atoms with Gasteiger partial charge in [0.05, 0.1) is 6.85 Å². The molecular weight excluding hydrogens is 170 g/mol. The van der Waals surface area contributed by atoms with Crippen LogP contribution in [0.25, 0.3) is 0 Å². The summed E-state index contributed by atoms with van der Waals surface area (Å²) in [5.41, 5.74) is 0.368. The van der Waals surface area contributed by atoms with Gasteiger partial charge < -0.3 is 5.32 Å². The second kappa shape index (κ2) is 6.04. The molecule has 1 aromatic carbocycles. The lowest BCUT2D eigenvalue weighted by atomic mass is 10.1. The summed E-state index contributed by atoms with van der Waals surface area (Å²) >= 11 is 0. The predicted molar refractivity (Wildman–Crippen MR) is 55.9 cm³/mol. The third-order valence-electron chi connectivity index (χ3n) is 1.55. The lowest BCUT2D eigenvalue weighted by molar-refractivity contribution is 0.608. The molecule has 0 aliphatic heterocycles. The maximum absolute atomic E-state index is 7.70. The fourth-order valence-corrected chi connectivity index (χ4v) is 0.786. The monoisotopic (exact) mass is 190 g/mol. The van der Waals surface area contributed by atoms with Crippen molar-refractivity contribution < 1.29 is 6.85 Å². The van der Waals surface area contributed by atoms with Crippen LogP contribution in [0.4, 0.5) is 0 Å². The standard InChI is InChI=1S/C10H15N.ClH/c1-9(11-2)8-10-6-4-3-5-7-10;/h3-7,9,11H,8H2,1-2H3;1H/i3D,4D,5D,6D,7D;. The second-order valence-corrected chi connectivity index (χ2v) is 2.50. The van der Waals surface area contributed by atoms with Gasteiger partial charge in [-0.2, -0.15) is 0 Å². The van der Waals surface area contributed by atoms with Crippen LogP contribution in [-0.2, 0) is 6.42 Å². The van der Waals surface area contributed by atoms with Gasteiger partial charge in [0.15, 0.2) is 0 Å². The number of benzene rings is 1. The van der Waals surface area contributed by atoms with E-state index in [4.69, 9.17) is 6.85 Å². The van der Waals surface area contributed by atoms with Crippen LogP contribution in [0.1, 0.15) is 19.3 Å². The first kappa shape index (κ1) is 5.25. The summed E-state index contributed by atoms with van der Waals surface area (Å²) in [4.78, 5) is 0. The molecule has 0 bridgehead atoms. The first-order valence-electron chi connectivity index (χ1n) is 6.13. The van der Waals surface area contributed by atoms with E-state index in [0.29, 0.717) is 12.0 Å². The lowest BCUT2D eigenvalue weighted by Crippen LogP contribution is -2.23. The molecule has 0 spiro atoms. The molecule has 1 rings (SSSR count). The Kier molecular flexibility index (Phi) is 2.64. The molecule has 0 fully saturated rings. The first-order chi connectivity index (χ1) is 7.40. The third-order valence-corrected chi connectivity index (χ3v) is 1.55. The first-order valence-corrected chi connectivity index (χ1v) is 3.63. The maximum atomic E-state index is 7.70. The quantitative estimate of drug-likeness (QED) is 0.771. The highest BCUT2D eigenvalue weighted by Crippen LogP contribution is 2.01. The Bertz CT molecular complexity index is 381. The van der Waals surface area contributed by atoms with Crippen molar-refractivity contribution in [3.8, 4) is 0 Å². The Morgan fingerprint density at radius 2 is 2.00 bits per heavy atom. The number of hydrogen-bond donors (Lipinski definition) is 1. The number of hydrogen-bond acceptors (Lipinski definition) is 1. The highest BCUT2D eigenvalue weighted by Gasteiger charge is 1.97. The summed E-state index contributed by atoms with van der Waals surface area (Å²) in [6, 6.07) is -1.00. The van der Waals surface area contributed by atoms with E-state index in [1.807, 2.05) is 6.92 Å². The Labute approximate surface area is 87.6 Å². The largest absolute Gasteiger partial charge is 0.317 e. The van der Waals surface area contributed by atoms with Crippen molar-refractivity contribution in [3.63, 3.8) is 0 Å². The van der Waals surface area contributed by atoms with Gasteiger partial charge >= 0.3 is 0 Å². The molecule has 68 valence electrons. The van der Waals surface area contributed by atoms with Gasteiger partial charge in [-0.25, -0.2) is 0 Å². The molecule has 0 saturated heterocycles. The topological polar surface area (TPSA) is 12.0 Å². The Morgan fingerprint density at radius 3 is 2.50 bits per heavy atom. The van der Waals surface area contributed by atoms with E-state index in [1.165, 1.54) is 0 Å². The highest BCUT2D eigenvalue weighted by atomic mass is 35.5. The van der Waals surface area contributed by atoms with Crippen molar-refractivity contribution in [2.75, 3.05) is 7.05 Å². The van der Waals surface area contributed by atoms with E-state index in [1.54, 1.807) is 7.05 Å². The second-order valence-electron chi connectivity index (χ2n) is 2.50. The number of nitrogens with one attached hydrogen (secondary N) is 1. The third kappa shape index (κ3) is 3.74. The maximum Gasteiger partial charge on any atom is 0.0626 e. The van der Waals surface area contributed by atoms with Gasteiger partial charge in [0.2, 0.25) is 0 Å². The van der Waals surface area contributed by atoms with Gasteiger partial charge in [-0.15, -0.1) is 12.4 Å². The predicted octanol–water partition coefficient (Wildman–Crippen LogP) is 2.26. The van der Waals surface area contributed by atoms with Crippen LogP contribution in [-0.4, -0.2) is 13.1 Å². The van der Waals surface area contributed by atoms with Crippen molar-refractivity contribution in [2.45, 2.75) is 19.4 Å². The van der Waals surface area contributed by atoms with E-state index < -0.39 is 0 Å². The van der Waals surface area contributed by atoms with Crippen molar-refractivity contribution in [1.82, 2.24) is 5.32 Å². The van der Waals surface area contributed by atoms with Crippen molar-refractivity contribution >= 4 is 12.4 Å². The SMILES string of the molecule is Cl.[2H]c1c([2H])c([2H])c(CC(C)NC)c([2H])c1[2H]. The lowest BCUT2D eigenvalue weighted by Gasteiger charge is -2.08. The fraction of sp³-hybridized carbons (Fsp3) is 0.400. The Hall–Kier alpha value is -0.530. The van der Waals surface area contributed by atoms with E-state index in [-0.39, 0.29) is 48.7 Å². The van der Waals surface area contributed by atoms with E-state index in [2.05, 4.69) is 5.32 Å². The molecular formula is C10H16ClN. The molecule has 1 aromatic rings. The molecule has 0 radical (unpaired) electrons. The summed E-state index contributed by atoms with van der Waals surface area (Å²) < 4.78 is 37.9. The summed E-state index contributed by atoms with van der Waals surface area (Å²) in [6.45, 7) is 1.90. The zero-order valence-electron chi connectivity index (χ0n) is 12.2. The van der Waals surface area contributed by atoms with Crippen LogP contribution in [0.3, 0.4) is 0 Å². The summed E-state index contributed by atoms with van der Waals surface area (Å²) in [5, 5.41) is 2.99. The van der Waals surface area contributed by atoms with E-state index >= 15 is 0 Å². The molecule has 0 aliphatic carbocycles. The molecule has 0 aliphatic rings. The van der Waals surface area contributed by atoms with Gasteiger partial charge in [0.25, 0.3) is 0 Å². The smallest absolute Gasteiger partial charge is 0.0626 e. The van der Waals surface area contributed by atoms with E-state index in [0.717, 1.165) is 0 Å². The normalized spacial score (nSPS) is 17.7. The van der Waals surface area contributed by atoms with Crippen molar-refractivity contribution in [1.29, 1.82) is 0 Å². The molecule has 0 heterocycles. The molecule has 12 heavy (non-hydrogen) atoms. The average Bonchev–Trinajstić information content (AvgIpc) is 2.29. The molecule has 1 unspecified atom stereocenters. The van der Waals surface area contributed by atoms with Crippen molar-refractivity contribution in [2.24, 2.45) is 0 Å². The summed E-state index contributed by atoms with van der Waals surface area (Å²) in [6.07, 6.45) is 0.423. The fourth-order valence-electron chi connectivity index (χ4n) is 0.786. The van der Waals surface area contributed by atoms with E-state index in [9.17, 15) is 0 Å². The van der Waals surface area contributed by atoms with Gasteiger partial charge in [-0.05, 0) is 26.0 Å². The minimum atomic E-state index is -0.337. The molecule has 0 aromatic heterocycles. The van der Waals surface area contributed by atoms with Crippen LogP contribution in [0.2, 0.25) is 0 Å². The minimum Gasteiger partial charge on any atom is -0.317 e. The van der Waals surface area contributed by atoms with Crippen LogP contribution >= 0.6 is 12.4 Å².